The zero-order valence-electron chi connectivity index (χ0n) is 23.4. The van der Waals surface area contributed by atoms with Gasteiger partial charge in [0.05, 0.1) is 23.8 Å². The highest BCUT2D eigenvalue weighted by Gasteiger charge is 2.51. The van der Waals surface area contributed by atoms with Crippen LogP contribution >= 0.6 is 11.6 Å². The Kier molecular flexibility index (Phi) is 11.2. The van der Waals surface area contributed by atoms with Crippen molar-refractivity contribution in [1.82, 2.24) is 9.78 Å². The number of carbonyl (C=O) groups excluding carboxylic acids is 1. The van der Waals surface area contributed by atoms with E-state index in [0.29, 0.717) is 18.7 Å². The summed E-state index contributed by atoms with van der Waals surface area (Å²) in [6, 6.07) is 4.07. The number of carboxylic acid groups (broad SMARTS) is 1. The van der Waals surface area contributed by atoms with Crippen molar-refractivity contribution in [3.63, 3.8) is 0 Å². The summed E-state index contributed by atoms with van der Waals surface area (Å²) < 4.78 is 79.1. The van der Waals surface area contributed by atoms with Crippen LogP contribution < -0.4 is 14.4 Å². The van der Waals surface area contributed by atoms with Crippen molar-refractivity contribution >= 4 is 45.1 Å². The summed E-state index contributed by atoms with van der Waals surface area (Å²) in [5.74, 6) is -0.749. The molecule has 1 aromatic heterocycles. The van der Waals surface area contributed by atoms with Crippen molar-refractivity contribution in [3.8, 4) is 18.6 Å². The first-order valence-electron chi connectivity index (χ1n) is 12.6. The van der Waals surface area contributed by atoms with Crippen LogP contribution in [-0.2, 0) is 32.5 Å². The second-order valence-electron chi connectivity index (χ2n) is 9.87. The van der Waals surface area contributed by atoms with Gasteiger partial charge in [-0.05, 0) is 51.3 Å². The molecule has 0 bridgehead atoms. The van der Waals surface area contributed by atoms with Crippen LogP contribution in [0.15, 0.2) is 23.1 Å². The summed E-state index contributed by atoms with van der Waals surface area (Å²) in [6.07, 6.45) is 4.05. The number of alkyl halides is 3. The third-order valence-electron chi connectivity index (χ3n) is 6.10. The van der Waals surface area contributed by atoms with Gasteiger partial charge in [0.25, 0.3) is 10.0 Å². The molecule has 3 heterocycles. The molecule has 11 nitrogen and oxygen atoms in total. The van der Waals surface area contributed by atoms with Gasteiger partial charge < -0.3 is 14.6 Å². The number of sulfonamides is 1. The number of nitrogens with zero attached hydrogens (tertiary/aromatic N) is 3. The van der Waals surface area contributed by atoms with Crippen LogP contribution in [0.1, 0.15) is 46.2 Å². The summed E-state index contributed by atoms with van der Waals surface area (Å²) in [4.78, 5) is 21.7. The second kappa shape index (κ2) is 13.6. The third kappa shape index (κ3) is 7.80. The first-order valence-corrected chi connectivity index (χ1v) is 14.4. The van der Waals surface area contributed by atoms with E-state index in [-0.39, 0.29) is 46.2 Å². The number of rotatable bonds is 5. The summed E-state index contributed by atoms with van der Waals surface area (Å²) in [7, 11) is -4.15. The van der Waals surface area contributed by atoms with Gasteiger partial charge >= 0.3 is 18.2 Å². The zero-order chi connectivity index (χ0) is 32.0. The maximum absolute atomic E-state index is 13.6. The summed E-state index contributed by atoms with van der Waals surface area (Å²) in [6.45, 7) is 5.32. The van der Waals surface area contributed by atoms with E-state index in [1.54, 1.807) is 18.5 Å². The standard InChI is InChI=1S/C20H22ClF3N4O5S.C4H8O2.C2H2/c1-19(2,20(22,23)24)33-18(29)25-12-6-7-15-14(11-12)28(9-10-32-15)34(30,31)16-13-5-3-4-8-27(13)26-17(16)21;1-3(2)4(5)6;1-2/h6-7,11H,3-5,8-10H2,1-2H3,(H,25,29);3H,1-2H3,(H,5,6);1-2H. The van der Waals surface area contributed by atoms with Gasteiger partial charge in [0.2, 0.25) is 5.60 Å². The Morgan fingerprint density at radius 1 is 1.19 bits per heavy atom. The van der Waals surface area contributed by atoms with Gasteiger partial charge in [-0.3, -0.25) is 19.1 Å². The fourth-order valence-corrected chi connectivity index (χ4v) is 5.94. The third-order valence-corrected chi connectivity index (χ3v) is 8.38. The number of hydrogen-bond donors (Lipinski definition) is 2. The number of aromatic nitrogens is 2. The van der Waals surface area contributed by atoms with Crippen LogP contribution in [-0.4, -0.2) is 60.3 Å². The average Bonchev–Trinajstić information content (AvgIpc) is 3.25. The van der Waals surface area contributed by atoms with Crippen molar-refractivity contribution < 1.29 is 45.8 Å². The predicted octanol–water partition coefficient (Wildman–Crippen LogP) is 5.33. The number of carbonyl (C=O) groups is 2. The van der Waals surface area contributed by atoms with Crippen molar-refractivity contribution in [3.05, 3.63) is 29.0 Å². The molecule has 0 unspecified atom stereocenters. The molecule has 4 rings (SSSR count). The minimum Gasteiger partial charge on any atom is -0.489 e. The number of hydrogen-bond acceptors (Lipinski definition) is 7. The number of anilines is 2. The predicted molar refractivity (Wildman–Crippen MR) is 149 cm³/mol. The van der Waals surface area contributed by atoms with E-state index in [9.17, 15) is 31.2 Å². The van der Waals surface area contributed by atoms with Crippen LogP contribution in [0.3, 0.4) is 0 Å². The number of halogens is 4. The quantitative estimate of drug-likeness (QED) is 0.420. The van der Waals surface area contributed by atoms with Crippen LogP contribution in [0.4, 0.5) is 29.3 Å². The number of terminal acetylenes is 1. The number of nitrogens with one attached hydrogen (secondary N) is 1. The maximum Gasteiger partial charge on any atom is 0.427 e. The first-order chi connectivity index (χ1) is 19.5. The molecule has 2 aromatic rings. The van der Waals surface area contributed by atoms with Gasteiger partial charge in [-0.1, -0.05) is 25.4 Å². The van der Waals surface area contributed by atoms with Crippen LogP contribution in [0.2, 0.25) is 5.15 Å². The van der Waals surface area contributed by atoms with E-state index < -0.39 is 33.9 Å². The number of ether oxygens (including phenoxy) is 2. The Morgan fingerprint density at radius 2 is 1.81 bits per heavy atom. The molecule has 1 amide bonds. The molecule has 0 atom stereocenters. The van der Waals surface area contributed by atoms with Gasteiger partial charge in [0.15, 0.2) is 5.15 Å². The second-order valence-corrected chi connectivity index (χ2v) is 12.0. The highest BCUT2D eigenvalue weighted by Crippen LogP contribution is 2.40. The van der Waals surface area contributed by atoms with Gasteiger partial charge in [-0.25, -0.2) is 13.2 Å². The summed E-state index contributed by atoms with van der Waals surface area (Å²) >= 11 is 6.23. The van der Waals surface area contributed by atoms with E-state index >= 15 is 0 Å². The monoisotopic (exact) mass is 636 g/mol. The lowest BCUT2D eigenvalue weighted by atomic mass is 10.1. The van der Waals surface area contributed by atoms with E-state index in [1.165, 1.54) is 18.2 Å². The highest BCUT2D eigenvalue weighted by molar-refractivity contribution is 7.93. The fourth-order valence-electron chi connectivity index (χ4n) is 3.75. The Labute approximate surface area is 247 Å². The van der Waals surface area contributed by atoms with Crippen molar-refractivity contribution in [1.29, 1.82) is 0 Å². The fraction of sp³-hybridized carbons (Fsp3) is 0.500. The Morgan fingerprint density at radius 3 is 2.38 bits per heavy atom. The Hall–Kier alpha value is -3.64. The molecule has 0 saturated heterocycles. The topological polar surface area (TPSA) is 140 Å². The molecular weight excluding hydrogens is 605 g/mol. The van der Waals surface area contributed by atoms with Gasteiger partial charge in [0, 0.05) is 12.2 Å². The van der Waals surface area contributed by atoms with Crippen LogP contribution in [0, 0.1) is 18.8 Å². The first kappa shape index (κ1) is 34.6. The van der Waals surface area contributed by atoms with E-state index in [1.807, 2.05) is 0 Å². The molecule has 2 aliphatic heterocycles. The molecular formula is C26H32ClF3N4O7S. The number of aliphatic carboxylic acids is 1. The zero-order valence-corrected chi connectivity index (χ0v) is 24.9. The Balaban J connectivity index is 0.000000686. The molecule has 0 spiro atoms. The summed E-state index contributed by atoms with van der Waals surface area (Å²) in [5.41, 5.74) is -2.07. The molecule has 16 heteroatoms. The number of amides is 1. The molecule has 0 fully saturated rings. The molecule has 42 heavy (non-hydrogen) atoms. The lowest BCUT2D eigenvalue weighted by Crippen LogP contribution is -2.44. The number of benzene rings is 1. The normalized spacial score (nSPS) is 14.6. The van der Waals surface area contributed by atoms with Gasteiger partial charge in [-0.2, -0.15) is 18.3 Å². The number of fused-ring (bicyclic) bond motifs is 2. The smallest absolute Gasteiger partial charge is 0.427 e. The molecule has 2 aliphatic rings. The van der Waals surface area contributed by atoms with E-state index in [4.69, 9.17) is 21.4 Å². The van der Waals surface area contributed by atoms with Crippen molar-refractivity contribution in [2.24, 2.45) is 5.92 Å². The molecule has 0 radical (unpaired) electrons. The van der Waals surface area contributed by atoms with Gasteiger partial charge in [-0.15, -0.1) is 12.8 Å². The maximum atomic E-state index is 13.6. The van der Waals surface area contributed by atoms with E-state index in [0.717, 1.165) is 31.0 Å². The lowest BCUT2D eigenvalue weighted by molar-refractivity contribution is -0.242. The molecule has 1 aromatic carbocycles. The largest absolute Gasteiger partial charge is 0.489 e. The van der Waals surface area contributed by atoms with Crippen molar-refractivity contribution in [2.45, 2.75) is 70.2 Å². The Bertz CT molecular complexity index is 1420. The van der Waals surface area contributed by atoms with E-state index in [2.05, 4.69) is 28.0 Å². The molecule has 0 saturated carbocycles. The SMILES string of the molecule is C#C.CC(C)(OC(=O)Nc1ccc2c(c1)N(S(=O)(=O)c1c(Cl)nn3c1CCCC3)CCO2)C(F)(F)F.CC(C)C(=O)O. The summed E-state index contributed by atoms with van der Waals surface area (Å²) in [5, 5.41) is 14.2. The van der Waals surface area contributed by atoms with Crippen molar-refractivity contribution in [2.75, 3.05) is 22.8 Å². The number of carboxylic acids is 1. The van der Waals surface area contributed by atoms with Crippen LogP contribution in [0.25, 0.3) is 0 Å². The lowest BCUT2D eigenvalue weighted by Gasteiger charge is -2.31. The highest BCUT2D eigenvalue weighted by atomic mass is 35.5. The average molecular weight is 637 g/mol. The molecule has 0 aliphatic carbocycles. The van der Waals surface area contributed by atoms with Crippen LogP contribution in [0.5, 0.6) is 5.75 Å². The minimum absolute atomic E-state index is 0.0237. The van der Waals surface area contributed by atoms with Gasteiger partial charge in [0.1, 0.15) is 17.3 Å². The number of aryl methyl sites for hydroxylation is 1. The molecule has 232 valence electrons. The minimum atomic E-state index is -4.77. The molecule has 2 N–H and O–H groups in total.